The lowest BCUT2D eigenvalue weighted by molar-refractivity contribution is -0.126. The predicted molar refractivity (Wildman–Crippen MR) is 122 cm³/mol. The Morgan fingerprint density at radius 3 is 2.06 bits per heavy atom. The van der Waals surface area contributed by atoms with Crippen molar-refractivity contribution >= 4 is 21.6 Å². The van der Waals surface area contributed by atoms with Gasteiger partial charge in [0, 0.05) is 42.5 Å². The molecule has 164 valence electrons. The van der Waals surface area contributed by atoms with Crippen molar-refractivity contribution in [2.45, 2.75) is 17.7 Å². The molecule has 4 rings (SSSR count). The van der Waals surface area contributed by atoms with Crippen LogP contribution >= 0.6 is 0 Å². The van der Waals surface area contributed by atoms with Gasteiger partial charge in [-0.2, -0.15) is 9.41 Å². The molecule has 1 aromatic heterocycles. The van der Waals surface area contributed by atoms with Crippen molar-refractivity contribution in [1.29, 1.82) is 0 Å². The number of sulfonamides is 1. The fourth-order valence-corrected chi connectivity index (χ4v) is 5.19. The van der Waals surface area contributed by atoms with Gasteiger partial charge in [0.2, 0.25) is 15.9 Å². The lowest BCUT2D eigenvalue weighted by Crippen LogP contribution is -2.42. The van der Waals surface area contributed by atoms with Crippen molar-refractivity contribution in [3.63, 3.8) is 0 Å². The topological polar surface area (TPSA) is 91.7 Å². The molecule has 0 aliphatic carbocycles. The summed E-state index contributed by atoms with van der Waals surface area (Å²) < 4.78 is 27.0. The lowest BCUT2D eigenvalue weighted by Gasteiger charge is -2.30. The maximum Gasteiger partial charge on any atom is 0.243 e. The molecule has 2 aromatic carbocycles. The molecule has 3 aromatic rings. The van der Waals surface area contributed by atoms with E-state index in [9.17, 15) is 13.2 Å². The number of rotatable bonds is 6. The number of pyridine rings is 1. The number of aromatic nitrogens is 1. The molecule has 1 aliphatic heterocycles. The van der Waals surface area contributed by atoms with Crippen LogP contribution in [-0.2, 0) is 14.8 Å². The van der Waals surface area contributed by atoms with Gasteiger partial charge < -0.3 is 0 Å². The normalized spacial score (nSPS) is 15.9. The van der Waals surface area contributed by atoms with E-state index in [1.165, 1.54) is 4.31 Å². The van der Waals surface area contributed by atoms with Crippen LogP contribution in [0.5, 0.6) is 0 Å². The van der Waals surface area contributed by atoms with Crippen molar-refractivity contribution in [3.05, 3.63) is 96.3 Å². The van der Waals surface area contributed by atoms with Crippen LogP contribution in [0.25, 0.3) is 0 Å². The highest BCUT2D eigenvalue weighted by molar-refractivity contribution is 7.89. The number of carbonyl (C=O) groups excluding carboxylic acids is 1. The van der Waals surface area contributed by atoms with E-state index in [-0.39, 0.29) is 16.7 Å². The molecule has 1 N–H and O–H groups in total. The smallest absolute Gasteiger partial charge is 0.243 e. The Morgan fingerprint density at radius 1 is 0.875 bits per heavy atom. The van der Waals surface area contributed by atoms with Gasteiger partial charge in [0.15, 0.2) is 0 Å². The molecule has 32 heavy (non-hydrogen) atoms. The van der Waals surface area contributed by atoms with Crippen LogP contribution in [0.2, 0.25) is 0 Å². The van der Waals surface area contributed by atoms with Gasteiger partial charge in [-0.1, -0.05) is 48.5 Å². The number of hydrogen-bond acceptors (Lipinski definition) is 5. The van der Waals surface area contributed by atoms with Gasteiger partial charge in [-0.15, -0.1) is 0 Å². The minimum Gasteiger partial charge on any atom is -0.273 e. The summed E-state index contributed by atoms with van der Waals surface area (Å²) >= 11 is 0. The van der Waals surface area contributed by atoms with E-state index in [0.717, 1.165) is 11.1 Å². The van der Waals surface area contributed by atoms with E-state index < -0.39 is 10.0 Å². The van der Waals surface area contributed by atoms with Crippen LogP contribution in [0.4, 0.5) is 0 Å². The number of nitrogens with one attached hydrogen (secondary N) is 1. The maximum atomic E-state index is 12.8. The van der Waals surface area contributed by atoms with E-state index >= 15 is 0 Å². The average molecular weight is 449 g/mol. The summed E-state index contributed by atoms with van der Waals surface area (Å²) in [6.45, 7) is 0.601. The van der Waals surface area contributed by atoms with E-state index in [0.29, 0.717) is 31.6 Å². The first-order valence-corrected chi connectivity index (χ1v) is 11.9. The summed E-state index contributed by atoms with van der Waals surface area (Å²) in [5, 5.41) is 4.41. The zero-order valence-corrected chi connectivity index (χ0v) is 18.3. The van der Waals surface area contributed by atoms with E-state index in [2.05, 4.69) is 15.5 Å². The Morgan fingerprint density at radius 2 is 1.44 bits per heavy atom. The molecule has 0 unspecified atom stereocenters. The molecule has 2 heterocycles. The third-order valence-electron chi connectivity index (χ3n) is 5.48. The molecule has 0 spiro atoms. The Hall–Kier alpha value is -3.36. The zero-order chi connectivity index (χ0) is 22.4. The minimum absolute atomic E-state index is 0.204. The van der Waals surface area contributed by atoms with Gasteiger partial charge >= 0.3 is 0 Å². The van der Waals surface area contributed by atoms with Gasteiger partial charge in [0.05, 0.1) is 10.6 Å². The number of piperidine rings is 1. The molecule has 1 aliphatic rings. The van der Waals surface area contributed by atoms with Crippen molar-refractivity contribution in [2.75, 3.05) is 13.1 Å². The van der Waals surface area contributed by atoms with Crippen LogP contribution in [-0.4, -0.2) is 42.4 Å². The highest BCUT2D eigenvalue weighted by atomic mass is 32.2. The highest BCUT2D eigenvalue weighted by Gasteiger charge is 2.32. The van der Waals surface area contributed by atoms with Crippen LogP contribution in [0, 0.1) is 5.92 Å². The van der Waals surface area contributed by atoms with E-state index in [1.54, 1.807) is 42.7 Å². The van der Waals surface area contributed by atoms with Crippen molar-refractivity contribution in [2.24, 2.45) is 11.0 Å². The Bertz CT molecular complexity index is 1130. The SMILES string of the molecule is O=C(NN=C(c1ccccc1)c1ccncc1)C1CCN(S(=O)(=O)c2ccccc2)CC1. The molecule has 8 heteroatoms. The van der Waals surface area contributed by atoms with Gasteiger partial charge in [-0.3, -0.25) is 9.78 Å². The molecule has 0 radical (unpaired) electrons. The first kappa shape index (κ1) is 21.9. The fourth-order valence-electron chi connectivity index (χ4n) is 3.70. The number of hydrogen-bond donors (Lipinski definition) is 1. The second-order valence-electron chi connectivity index (χ2n) is 7.53. The van der Waals surface area contributed by atoms with Crippen LogP contribution in [0.15, 0.2) is 95.2 Å². The molecule has 1 saturated heterocycles. The summed E-state index contributed by atoms with van der Waals surface area (Å²) in [6.07, 6.45) is 4.25. The average Bonchev–Trinajstić information content (AvgIpc) is 2.86. The summed E-state index contributed by atoms with van der Waals surface area (Å²) in [7, 11) is -3.54. The van der Waals surface area contributed by atoms with Gasteiger partial charge in [0.25, 0.3) is 0 Å². The standard InChI is InChI=1S/C24H24N4O3S/c29-24(21-13-17-28(18-14-21)32(30,31)22-9-5-2-6-10-22)27-26-23(19-7-3-1-4-8-19)20-11-15-25-16-12-20/h1-12,15-16,21H,13-14,17-18H2,(H,27,29). The van der Waals surface area contributed by atoms with Crippen LogP contribution < -0.4 is 5.43 Å². The monoisotopic (exact) mass is 448 g/mol. The van der Waals surface area contributed by atoms with E-state index in [1.807, 2.05) is 42.5 Å². The Kier molecular flexibility index (Phi) is 6.72. The van der Waals surface area contributed by atoms with Gasteiger partial charge in [-0.05, 0) is 37.1 Å². The quantitative estimate of drug-likeness (QED) is 0.463. The van der Waals surface area contributed by atoms with E-state index in [4.69, 9.17) is 0 Å². The molecule has 0 atom stereocenters. The predicted octanol–water partition coefficient (Wildman–Crippen LogP) is 3.05. The molecule has 1 fully saturated rings. The summed E-state index contributed by atoms with van der Waals surface area (Å²) in [6, 6.07) is 21.7. The molecule has 0 saturated carbocycles. The number of nitrogens with zero attached hydrogens (tertiary/aromatic N) is 3. The number of amides is 1. The molecular formula is C24H24N4O3S. The first-order chi connectivity index (χ1) is 15.6. The van der Waals surface area contributed by atoms with Crippen molar-refractivity contribution in [1.82, 2.24) is 14.7 Å². The third-order valence-corrected chi connectivity index (χ3v) is 7.40. The second-order valence-corrected chi connectivity index (χ2v) is 9.47. The summed E-state index contributed by atoms with van der Waals surface area (Å²) in [4.78, 5) is 17.1. The highest BCUT2D eigenvalue weighted by Crippen LogP contribution is 2.24. The lowest BCUT2D eigenvalue weighted by atomic mass is 9.97. The van der Waals surface area contributed by atoms with Crippen molar-refractivity contribution < 1.29 is 13.2 Å². The second kappa shape index (κ2) is 9.84. The first-order valence-electron chi connectivity index (χ1n) is 10.4. The van der Waals surface area contributed by atoms with Crippen molar-refractivity contribution in [3.8, 4) is 0 Å². The molecular weight excluding hydrogens is 424 g/mol. The zero-order valence-electron chi connectivity index (χ0n) is 17.5. The molecule has 0 bridgehead atoms. The Balaban J connectivity index is 1.43. The molecule has 1 amide bonds. The summed E-state index contributed by atoms with van der Waals surface area (Å²) in [5.41, 5.74) is 5.06. The summed E-state index contributed by atoms with van der Waals surface area (Å²) in [5.74, 6) is -0.500. The van der Waals surface area contributed by atoms with Crippen LogP contribution in [0.3, 0.4) is 0 Å². The Labute approximate surface area is 187 Å². The third kappa shape index (κ3) is 4.92. The fraction of sp³-hybridized carbons (Fsp3) is 0.208. The number of carbonyl (C=O) groups is 1. The number of hydrazone groups is 1. The molecule has 7 nitrogen and oxygen atoms in total. The number of benzene rings is 2. The van der Waals surface area contributed by atoms with Crippen LogP contribution in [0.1, 0.15) is 24.0 Å². The maximum absolute atomic E-state index is 12.8. The minimum atomic E-state index is -3.54. The van der Waals surface area contributed by atoms with Gasteiger partial charge in [0.1, 0.15) is 0 Å². The largest absolute Gasteiger partial charge is 0.273 e. The van der Waals surface area contributed by atoms with Gasteiger partial charge in [-0.25, -0.2) is 13.8 Å².